The van der Waals surface area contributed by atoms with E-state index in [-0.39, 0.29) is 5.92 Å². The fourth-order valence-electron chi connectivity index (χ4n) is 3.92. The molecule has 4 rings (SSSR count). The second-order valence-corrected chi connectivity index (χ2v) is 7.98. The van der Waals surface area contributed by atoms with Crippen LogP contribution in [0.2, 0.25) is 0 Å². The molecule has 0 radical (unpaired) electrons. The molecule has 7 nitrogen and oxygen atoms in total. The number of carbonyl (C=O) groups is 2. The minimum Gasteiger partial charge on any atom is -0.474 e. The number of carbonyl (C=O) groups excluding carboxylic acids is 1. The molecule has 3 heterocycles. The Balaban J connectivity index is 1.36. The Hall–Kier alpha value is -3.95. The topological polar surface area (TPSA) is 95.4 Å². The minimum absolute atomic E-state index is 0.258. The summed E-state index contributed by atoms with van der Waals surface area (Å²) in [4.78, 5) is 31.5. The summed E-state index contributed by atoms with van der Waals surface area (Å²) in [5.74, 6) is -1.54. The molecule has 176 valence electrons. The lowest BCUT2D eigenvalue weighted by Crippen LogP contribution is -2.41. The van der Waals surface area contributed by atoms with Crippen LogP contribution in [0.15, 0.2) is 60.9 Å². The number of anilines is 2. The molecule has 0 spiro atoms. The standard InChI is InChI=1S/C24H21F3N4O3/c25-24(26,27)20-7-6-19(14-28-20)30-21-8-5-18(13-29-21)16-3-1-15(2-4-16)17-9-11-31(12-10-17)22(32)23(33)34/h1-8,13-14,17H,9-12H2,(H,29,30)(H,33,34). The van der Waals surface area contributed by atoms with Gasteiger partial charge in [-0.3, -0.25) is 4.79 Å². The van der Waals surface area contributed by atoms with Crippen LogP contribution in [0.1, 0.15) is 30.0 Å². The van der Waals surface area contributed by atoms with Crippen LogP contribution in [0.4, 0.5) is 24.7 Å². The van der Waals surface area contributed by atoms with Gasteiger partial charge in [0.2, 0.25) is 0 Å². The third kappa shape index (κ3) is 5.33. The number of aliphatic carboxylic acids is 1. The van der Waals surface area contributed by atoms with E-state index < -0.39 is 23.7 Å². The van der Waals surface area contributed by atoms with Crippen molar-refractivity contribution in [3.8, 4) is 11.1 Å². The Kier molecular flexibility index (Phi) is 6.49. The van der Waals surface area contributed by atoms with E-state index in [2.05, 4.69) is 15.3 Å². The van der Waals surface area contributed by atoms with Crippen molar-refractivity contribution in [2.24, 2.45) is 0 Å². The highest BCUT2D eigenvalue weighted by molar-refractivity contribution is 6.31. The number of rotatable bonds is 4. The van der Waals surface area contributed by atoms with Gasteiger partial charge in [0.05, 0.1) is 11.9 Å². The number of benzene rings is 1. The zero-order valence-electron chi connectivity index (χ0n) is 17.9. The van der Waals surface area contributed by atoms with Gasteiger partial charge >= 0.3 is 18.1 Å². The fraction of sp³-hybridized carbons (Fsp3) is 0.250. The van der Waals surface area contributed by atoms with E-state index in [0.717, 1.165) is 29.0 Å². The SMILES string of the molecule is O=C(O)C(=O)N1CCC(c2ccc(-c3ccc(Nc4ccc(C(F)(F)F)nc4)nc3)cc2)CC1. The quantitative estimate of drug-likeness (QED) is 0.537. The van der Waals surface area contributed by atoms with Crippen LogP contribution in [0.25, 0.3) is 11.1 Å². The van der Waals surface area contributed by atoms with Crippen molar-refractivity contribution < 1.29 is 27.9 Å². The molecule has 10 heteroatoms. The largest absolute Gasteiger partial charge is 0.474 e. The Bertz CT molecular complexity index is 1160. The van der Waals surface area contributed by atoms with Crippen molar-refractivity contribution in [2.45, 2.75) is 24.9 Å². The zero-order chi connectivity index (χ0) is 24.3. The van der Waals surface area contributed by atoms with Gasteiger partial charge in [-0.15, -0.1) is 0 Å². The predicted molar refractivity (Wildman–Crippen MR) is 118 cm³/mol. The highest BCUT2D eigenvalue weighted by atomic mass is 19.4. The number of alkyl halides is 3. The third-order valence-electron chi connectivity index (χ3n) is 5.77. The van der Waals surface area contributed by atoms with Crippen molar-refractivity contribution in [3.63, 3.8) is 0 Å². The molecular formula is C24H21F3N4O3. The van der Waals surface area contributed by atoms with E-state index >= 15 is 0 Å². The highest BCUT2D eigenvalue weighted by Gasteiger charge is 2.32. The maximum absolute atomic E-state index is 12.6. The molecule has 0 atom stereocenters. The molecule has 1 aliphatic heterocycles. The average molecular weight is 470 g/mol. The van der Waals surface area contributed by atoms with Crippen LogP contribution in [-0.4, -0.2) is 44.9 Å². The van der Waals surface area contributed by atoms with Gasteiger partial charge in [-0.25, -0.2) is 14.8 Å². The summed E-state index contributed by atoms with van der Waals surface area (Å²) in [5, 5.41) is 11.8. The molecule has 0 aliphatic carbocycles. The molecule has 1 aromatic carbocycles. The first kappa shape index (κ1) is 23.2. The zero-order valence-corrected chi connectivity index (χ0v) is 17.9. The smallest absolute Gasteiger partial charge is 0.433 e. The lowest BCUT2D eigenvalue weighted by molar-refractivity contribution is -0.156. The summed E-state index contributed by atoms with van der Waals surface area (Å²) >= 11 is 0. The highest BCUT2D eigenvalue weighted by Crippen LogP contribution is 2.31. The molecule has 2 N–H and O–H groups in total. The molecule has 0 saturated carbocycles. The first-order chi connectivity index (χ1) is 16.2. The van der Waals surface area contributed by atoms with Gasteiger partial charge in [0, 0.05) is 24.8 Å². The number of likely N-dealkylation sites (tertiary alicyclic amines) is 1. The number of carboxylic acids is 1. The monoisotopic (exact) mass is 470 g/mol. The predicted octanol–water partition coefficient (Wildman–Crippen LogP) is 4.70. The molecule has 2 aromatic heterocycles. The second-order valence-electron chi connectivity index (χ2n) is 7.98. The number of hydrogen-bond acceptors (Lipinski definition) is 5. The number of nitrogens with zero attached hydrogens (tertiary/aromatic N) is 3. The van der Waals surface area contributed by atoms with Crippen molar-refractivity contribution >= 4 is 23.4 Å². The summed E-state index contributed by atoms with van der Waals surface area (Å²) in [6, 6.07) is 13.8. The number of hydrogen-bond donors (Lipinski definition) is 2. The Morgan fingerprint density at radius 3 is 2.12 bits per heavy atom. The first-order valence-corrected chi connectivity index (χ1v) is 10.6. The number of carboxylic acid groups (broad SMARTS) is 1. The van der Waals surface area contributed by atoms with Crippen molar-refractivity contribution in [2.75, 3.05) is 18.4 Å². The number of nitrogens with one attached hydrogen (secondary N) is 1. The third-order valence-corrected chi connectivity index (χ3v) is 5.77. The molecule has 1 aliphatic rings. The van der Waals surface area contributed by atoms with Gasteiger partial charge in [-0.05, 0) is 54.2 Å². The normalized spacial score (nSPS) is 14.6. The Morgan fingerprint density at radius 2 is 1.59 bits per heavy atom. The number of halogens is 3. The van der Waals surface area contributed by atoms with Crippen molar-refractivity contribution in [3.05, 3.63) is 72.2 Å². The maximum Gasteiger partial charge on any atom is 0.433 e. The minimum atomic E-state index is -4.48. The van der Waals surface area contributed by atoms with Gasteiger partial charge in [0.25, 0.3) is 0 Å². The van der Waals surface area contributed by atoms with Crippen LogP contribution >= 0.6 is 0 Å². The van der Waals surface area contributed by atoms with Gasteiger partial charge in [0.15, 0.2) is 0 Å². The molecule has 34 heavy (non-hydrogen) atoms. The van der Waals surface area contributed by atoms with Gasteiger partial charge < -0.3 is 15.3 Å². The first-order valence-electron chi connectivity index (χ1n) is 10.6. The molecule has 1 saturated heterocycles. The van der Waals surface area contributed by atoms with E-state index in [1.807, 2.05) is 30.3 Å². The number of pyridine rings is 2. The molecule has 1 amide bonds. The van der Waals surface area contributed by atoms with Crippen molar-refractivity contribution in [1.29, 1.82) is 0 Å². The van der Waals surface area contributed by atoms with E-state index in [0.29, 0.717) is 37.4 Å². The van der Waals surface area contributed by atoms with Gasteiger partial charge in [-0.2, -0.15) is 13.2 Å². The van der Waals surface area contributed by atoms with E-state index in [1.165, 1.54) is 11.0 Å². The van der Waals surface area contributed by atoms with Crippen LogP contribution < -0.4 is 5.32 Å². The van der Waals surface area contributed by atoms with Crippen LogP contribution in [0.5, 0.6) is 0 Å². The van der Waals surface area contributed by atoms with E-state index in [4.69, 9.17) is 5.11 Å². The Morgan fingerprint density at radius 1 is 0.912 bits per heavy atom. The fourth-order valence-corrected chi connectivity index (χ4v) is 3.92. The maximum atomic E-state index is 12.6. The molecule has 0 bridgehead atoms. The number of amides is 1. The number of piperidine rings is 1. The van der Waals surface area contributed by atoms with Gasteiger partial charge in [-0.1, -0.05) is 24.3 Å². The van der Waals surface area contributed by atoms with Gasteiger partial charge in [0.1, 0.15) is 11.5 Å². The van der Waals surface area contributed by atoms with Crippen molar-refractivity contribution in [1.82, 2.24) is 14.9 Å². The summed E-state index contributed by atoms with van der Waals surface area (Å²) in [6.07, 6.45) is -0.285. The van der Waals surface area contributed by atoms with Crippen LogP contribution in [0, 0.1) is 0 Å². The summed E-state index contributed by atoms with van der Waals surface area (Å²) in [6.45, 7) is 0.842. The lowest BCUT2D eigenvalue weighted by atomic mass is 9.88. The lowest BCUT2D eigenvalue weighted by Gasteiger charge is -2.31. The van der Waals surface area contributed by atoms with Crippen LogP contribution in [0.3, 0.4) is 0 Å². The second kappa shape index (κ2) is 9.50. The Labute approximate surface area is 193 Å². The summed E-state index contributed by atoms with van der Waals surface area (Å²) in [7, 11) is 0. The summed E-state index contributed by atoms with van der Waals surface area (Å²) in [5.41, 5.74) is 2.41. The summed E-state index contributed by atoms with van der Waals surface area (Å²) < 4.78 is 37.9. The molecule has 0 unspecified atom stereocenters. The van der Waals surface area contributed by atoms with E-state index in [1.54, 1.807) is 12.3 Å². The van der Waals surface area contributed by atoms with Crippen LogP contribution in [-0.2, 0) is 15.8 Å². The molecule has 1 fully saturated rings. The molecule has 3 aromatic rings. The average Bonchev–Trinajstić information content (AvgIpc) is 2.84. The van der Waals surface area contributed by atoms with E-state index in [9.17, 15) is 22.8 Å². The number of aromatic nitrogens is 2. The molecular weight excluding hydrogens is 449 g/mol.